The standard InChI is InChI=1S/C23H23N3O3/c1-3-29-20-10-8-19(9-11-20)26-22(27)18-12-13-24-21(14-18)23(28)25-15-17-6-4-16(2)5-7-17/h4-14H,3,15H2,1-2H3,(H,25,28)(H,26,27). The molecule has 0 fully saturated rings. The summed E-state index contributed by atoms with van der Waals surface area (Å²) in [5.74, 6) is 0.0902. The highest BCUT2D eigenvalue weighted by molar-refractivity contribution is 6.05. The first kappa shape index (κ1) is 20.1. The first-order valence-corrected chi connectivity index (χ1v) is 9.39. The lowest BCUT2D eigenvalue weighted by atomic mass is 10.1. The molecule has 0 aliphatic rings. The van der Waals surface area contributed by atoms with Gasteiger partial charge in [-0.25, -0.2) is 0 Å². The molecule has 3 rings (SSSR count). The van der Waals surface area contributed by atoms with Gasteiger partial charge in [0.15, 0.2) is 0 Å². The second-order valence-electron chi connectivity index (χ2n) is 6.51. The Morgan fingerprint density at radius 3 is 2.38 bits per heavy atom. The van der Waals surface area contributed by atoms with Crippen molar-refractivity contribution in [3.05, 3.63) is 89.2 Å². The van der Waals surface area contributed by atoms with Gasteiger partial charge in [-0.15, -0.1) is 0 Å². The van der Waals surface area contributed by atoms with Gasteiger partial charge in [-0.3, -0.25) is 14.6 Å². The third kappa shape index (κ3) is 5.65. The second kappa shape index (κ2) is 9.50. The molecule has 0 bridgehead atoms. The molecule has 2 N–H and O–H groups in total. The van der Waals surface area contributed by atoms with Gasteiger partial charge in [0.05, 0.1) is 6.61 Å². The fourth-order valence-electron chi connectivity index (χ4n) is 2.68. The number of aryl methyl sites for hydroxylation is 1. The van der Waals surface area contributed by atoms with E-state index in [4.69, 9.17) is 4.74 Å². The number of rotatable bonds is 7. The molecule has 0 aliphatic heterocycles. The summed E-state index contributed by atoms with van der Waals surface area (Å²) in [4.78, 5) is 29.0. The SMILES string of the molecule is CCOc1ccc(NC(=O)c2ccnc(C(=O)NCc3ccc(C)cc3)c2)cc1. The van der Waals surface area contributed by atoms with E-state index in [-0.39, 0.29) is 17.5 Å². The molecule has 0 atom stereocenters. The zero-order valence-electron chi connectivity index (χ0n) is 16.4. The molecule has 6 heteroatoms. The zero-order chi connectivity index (χ0) is 20.6. The van der Waals surface area contributed by atoms with E-state index in [1.807, 2.05) is 38.1 Å². The number of nitrogens with one attached hydrogen (secondary N) is 2. The summed E-state index contributed by atoms with van der Waals surface area (Å²) in [5, 5.41) is 5.62. The molecule has 0 aliphatic carbocycles. The van der Waals surface area contributed by atoms with Gasteiger partial charge in [0, 0.05) is 24.0 Å². The molecule has 0 unspecified atom stereocenters. The molecular formula is C23H23N3O3. The van der Waals surface area contributed by atoms with Crippen LogP contribution in [0.5, 0.6) is 5.75 Å². The van der Waals surface area contributed by atoms with Crippen LogP contribution in [0.15, 0.2) is 66.9 Å². The van der Waals surface area contributed by atoms with E-state index >= 15 is 0 Å². The van der Waals surface area contributed by atoms with E-state index < -0.39 is 0 Å². The number of aromatic nitrogens is 1. The molecule has 0 radical (unpaired) electrons. The second-order valence-corrected chi connectivity index (χ2v) is 6.51. The maximum atomic E-state index is 12.5. The minimum Gasteiger partial charge on any atom is -0.494 e. The number of nitrogens with zero attached hydrogens (tertiary/aromatic N) is 1. The van der Waals surface area contributed by atoms with Crippen LogP contribution in [0.3, 0.4) is 0 Å². The van der Waals surface area contributed by atoms with Crippen molar-refractivity contribution in [1.82, 2.24) is 10.3 Å². The van der Waals surface area contributed by atoms with Gasteiger partial charge < -0.3 is 15.4 Å². The molecule has 148 valence electrons. The van der Waals surface area contributed by atoms with Crippen LogP contribution in [0.1, 0.15) is 38.9 Å². The number of carbonyl (C=O) groups excluding carboxylic acids is 2. The van der Waals surface area contributed by atoms with Crippen LogP contribution in [0.4, 0.5) is 5.69 Å². The van der Waals surface area contributed by atoms with Crippen molar-refractivity contribution in [2.45, 2.75) is 20.4 Å². The maximum Gasteiger partial charge on any atom is 0.270 e. The van der Waals surface area contributed by atoms with E-state index in [9.17, 15) is 9.59 Å². The average Bonchev–Trinajstić information content (AvgIpc) is 2.75. The van der Waals surface area contributed by atoms with E-state index in [1.165, 1.54) is 12.3 Å². The van der Waals surface area contributed by atoms with Crippen LogP contribution in [-0.2, 0) is 6.54 Å². The summed E-state index contributed by atoms with van der Waals surface area (Å²) in [6, 6.07) is 18.1. The number of benzene rings is 2. The van der Waals surface area contributed by atoms with Gasteiger partial charge in [0.2, 0.25) is 0 Å². The third-order valence-electron chi connectivity index (χ3n) is 4.25. The third-order valence-corrected chi connectivity index (χ3v) is 4.25. The average molecular weight is 389 g/mol. The number of hydrogen-bond donors (Lipinski definition) is 2. The summed E-state index contributed by atoms with van der Waals surface area (Å²) < 4.78 is 5.39. The number of carbonyl (C=O) groups is 2. The molecule has 0 saturated carbocycles. The van der Waals surface area contributed by atoms with Crippen LogP contribution in [0, 0.1) is 6.92 Å². The van der Waals surface area contributed by atoms with Crippen molar-refractivity contribution in [3.8, 4) is 5.75 Å². The highest BCUT2D eigenvalue weighted by Crippen LogP contribution is 2.16. The van der Waals surface area contributed by atoms with Gasteiger partial charge in [0.1, 0.15) is 11.4 Å². The first-order valence-electron chi connectivity index (χ1n) is 9.39. The van der Waals surface area contributed by atoms with Crippen molar-refractivity contribution in [2.24, 2.45) is 0 Å². The van der Waals surface area contributed by atoms with Crippen molar-refractivity contribution < 1.29 is 14.3 Å². The van der Waals surface area contributed by atoms with Crippen LogP contribution < -0.4 is 15.4 Å². The normalized spacial score (nSPS) is 10.3. The summed E-state index contributed by atoms with van der Waals surface area (Å²) in [6.45, 7) is 4.89. The lowest BCUT2D eigenvalue weighted by Crippen LogP contribution is -2.24. The molecule has 6 nitrogen and oxygen atoms in total. The number of anilines is 1. The first-order chi connectivity index (χ1) is 14.0. The Hall–Kier alpha value is -3.67. The number of pyridine rings is 1. The largest absolute Gasteiger partial charge is 0.494 e. The van der Waals surface area contributed by atoms with Gasteiger partial charge in [-0.2, -0.15) is 0 Å². The van der Waals surface area contributed by atoms with Crippen LogP contribution in [0.25, 0.3) is 0 Å². The topological polar surface area (TPSA) is 80.3 Å². The zero-order valence-corrected chi connectivity index (χ0v) is 16.4. The van der Waals surface area contributed by atoms with E-state index in [2.05, 4.69) is 15.6 Å². The summed E-state index contributed by atoms with van der Waals surface area (Å²) in [7, 11) is 0. The van der Waals surface area contributed by atoms with Crippen LogP contribution in [-0.4, -0.2) is 23.4 Å². The lowest BCUT2D eigenvalue weighted by Gasteiger charge is -2.09. The predicted molar refractivity (Wildman–Crippen MR) is 112 cm³/mol. The molecule has 29 heavy (non-hydrogen) atoms. The Morgan fingerprint density at radius 2 is 1.69 bits per heavy atom. The Kier molecular flexibility index (Phi) is 6.58. The maximum absolute atomic E-state index is 12.5. The Bertz CT molecular complexity index is 983. The van der Waals surface area contributed by atoms with Gasteiger partial charge >= 0.3 is 0 Å². The Labute approximate surface area is 169 Å². The summed E-state index contributed by atoms with van der Waals surface area (Å²) >= 11 is 0. The van der Waals surface area contributed by atoms with Crippen molar-refractivity contribution in [3.63, 3.8) is 0 Å². The molecule has 0 saturated heterocycles. The highest BCUT2D eigenvalue weighted by Gasteiger charge is 2.12. The van der Waals surface area contributed by atoms with E-state index in [1.54, 1.807) is 30.3 Å². The van der Waals surface area contributed by atoms with Gasteiger partial charge in [-0.1, -0.05) is 29.8 Å². The number of hydrogen-bond acceptors (Lipinski definition) is 4. The van der Waals surface area contributed by atoms with Crippen molar-refractivity contribution in [1.29, 1.82) is 0 Å². The Morgan fingerprint density at radius 1 is 0.966 bits per heavy atom. The highest BCUT2D eigenvalue weighted by atomic mass is 16.5. The van der Waals surface area contributed by atoms with Crippen LogP contribution in [0.2, 0.25) is 0 Å². The summed E-state index contributed by atoms with van der Waals surface area (Å²) in [5.41, 5.74) is 3.34. The molecule has 2 amide bonds. The smallest absolute Gasteiger partial charge is 0.270 e. The molecular weight excluding hydrogens is 366 g/mol. The quantitative estimate of drug-likeness (QED) is 0.641. The fraction of sp³-hybridized carbons (Fsp3) is 0.174. The van der Waals surface area contributed by atoms with Gasteiger partial charge in [-0.05, 0) is 55.8 Å². The monoisotopic (exact) mass is 389 g/mol. The molecule has 0 spiro atoms. The predicted octanol–water partition coefficient (Wildman–Crippen LogP) is 3.97. The lowest BCUT2D eigenvalue weighted by molar-refractivity contribution is 0.0946. The molecule has 3 aromatic rings. The van der Waals surface area contributed by atoms with Crippen molar-refractivity contribution >= 4 is 17.5 Å². The summed E-state index contributed by atoms with van der Waals surface area (Å²) in [6.07, 6.45) is 1.45. The minimum absolute atomic E-state index is 0.191. The molecule has 1 aromatic heterocycles. The molecule has 2 aromatic carbocycles. The Balaban J connectivity index is 1.62. The van der Waals surface area contributed by atoms with Gasteiger partial charge in [0.25, 0.3) is 11.8 Å². The van der Waals surface area contributed by atoms with Crippen molar-refractivity contribution in [2.75, 3.05) is 11.9 Å². The number of ether oxygens (including phenoxy) is 1. The van der Waals surface area contributed by atoms with E-state index in [0.717, 1.165) is 16.9 Å². The fourth-order valence-corrected chi connectivity index (χ4v) is 2.68. The minimum atomic E-state index is -0.332. The number of amides is 2. The van der Waals surface area contributed by atoms with E-state index in [0.29, 0.717) is 24.4 Å². The molecule has 1 heterocycles. The van der Waals surface area contributed by atoms with Crippen LogP contribution >= 0.6 is 0 Å².